The number of aliphatic hydroxyl groups is 1. The summed E-state index contributed by atoms with van der Waals surface area (Å²) in [6.45, 7) is 0.216. The summed E-state index contributed by atoms with van der Waals surface area (Å²) in [6, 6.07) is 7.68. The Labute approximate surface area is 107 Å². The molecule has 0 atom stereocenters. The fourth-order valence-corrected chi connectivity index (χ4v) is 1.79. The van der Waals surface area contributed by atoms with Gasteiger partial charge in [-0.05, 0) is 24.3 Å². The molecule has 1 aromatic heterocycles. The molecule has 1 aromatic carbocycles. The van der Waals surface area contributed by atoms with Crippen molar-refractivity contribution >= 4 is 15.9 Å². The Morgan fingerprint density at radius 1 is 1.35 bits per heavy atom. The fourth-order valence-electron chi connectivity index (χ4n) is 1.53. The Bertz CT molecular complexity index is 496. The first kappa shape index (κ1) is 12.2. The van der Waals surface area contributed by atoms with E-state index < -0.39 is 0 Å². The highest BCUT2D eigenvalue weighted by molar-refractivity contribution is 9.10. The topological polar surface area (TPSA) is 60.2 Å². The minimum atomic E-state index is -0.144. The van der Waals surface area contributed by atoms with Crippen molar-refractivity contribution in [3.63, 3.8) is 0 Å². The molecule has 1 N–H and O–H groups in total. The summed E-state index contributed by atoms with van der Waals surface area (Å²) < 4.78 is 7.76. The molecule has 0 saturated carbocycles. The molecule has 0 unspecified atom stereocenters. The maximum Gasteiger partial charge on any atom is 0.114 e. The SMILES string of the molecule is COCc1c(CO)nnn1-c1ccc(Br)cc1. The molecular formula is C11H12BrN3O2. The van der Waals surface area contributed by atoms with Crippen LogP contribution >= 0.6 is 15.9 Å². The van der Waals surface area contributed by atoms with Crippen LogP contribution in [-0.4, -0.2) is 27.2 Å². The first-order valence-corrected chi connectivity index (χ1v) is 5.84. The van der Waals surface area contributed by atoms with Gasteiger partial charge in [-0.3, -0.25) is 0 Å². The third-order valence-corrected chi connectivity index (χ3v) is 2.87. The Morgan fingerprint density at radius 2 is 2.06 bits per heavy atom. The molecule has 17 heavy (non-hydrogen) atoms. The average molecular weight is 298 g/mol. The highest BCUT2D eigenvalue weighted by Crippen LogP contribution is 2.17. The lowest BCUT2D eigenvalue weighted by Crippen LogP contribution is -2.04. The van der Waals surface area contributed by atoms with Crippen molar-refractivity contribution in [3.05, 3.63) is 40.1 Å². The Hall–Kier alpha value is -1.24. The van der Waals surface area contributed by atoms with E-state index >= 15 is 0 Å². The molecule has 2 rings (SSSR count). The number of methoxy groups -OCH3 is 1. The number of aromatic nitrogens is 3. The van der Waals surface area contributed by atoms with Crippen LogP contribution in [0.15, 0.2) is 28.7 Å². The van der Waals surface area contributed by atoms with Gasteiger partial charge in [0.05, 0.1) is 24.6 Å². The fraction of sp³-hybridized carbons (Fsp3) is 0.273. The second-order valence-corrected chi connectivity index (χ2v) is 4.38. The molecule has 0 aliphatic carbocycles. The maximum absolute atomic E-state index is 9.17. The number of rotatable bonds is 4. The number of halogens is 1. The predicted molar refractivity (Wildman–Crippen MR) is 65.7 cm³/mol. The van der Waals surface area contributed by atoms with Crippen LogP contribution in [0, 0.1) is 0 Å². The van der Waals surface area contributed by atoms with Crippen LogP contribution in [0.2, 0.25) is 0 Å². The first-order chi connectivity index (χ1) is 8.26. The van der Waals surface area contributed by atoms with Crippen molar-refractivity contribution in [1.29, 1.82) is 0 Å². The molecule has 0 aliphatic rings. The van der Waals surface area contributed by atoms with Crippen LogP contribution in [0.1, 0.15) is 11.4 Å². The van der Waals surface area contributed by atoms with Gasteiger partial charge in [0.2, 0.25) is 0 Å². The van der Waals surface area contributed by atoms with Crippen molar-refractivity contribution in [2.75, 3.05) is 7.11 Å². The minimum absolute atomic E-state index is 0.144. The quantitative estimate of drug-likeness (QED) is 0.932. The van der Waals surface area contributed by atoms with Crippen LogP contribution in [0.3, 0.4) is 0 Å². The molecule has 6 heteroatoms. The average Bonchev–Trinajstić information content (AvgIpc) is 2.74. The lowest BCUT2D eigenvalue weighted by atomic mass is 10.3. The van der Waals surface area contributed by atoms with Gasteiger partial charge in [0.25, 0.3) is 0 Å². The van der Waals surface area contributed by atoms with Crippen LogP contribution in [0.25, 0.3) is 5.69 Å². The van der Waals surface area contributed by atoms with Crippen molar-refractivity contribution in [2.45, 2.75) is 13.2 Å². The van der Waals surface area contributed by atoms with Gasteiger partial charge < -0.3 is 9.84 Å². The van der Waals surface area contributed by atoms with E-state index in [0.717, 1.165) is 15.9 Å². The lowest BCUT2D eigenvalue weighted by molar-refractivity contribution is 0.175. The highest BCUT2D eigenvalue weighted by atomic mass is 79.9. The first-order valence-electron chi connectivity index (χ1n) is 5.05. The monoisotopic (exact) mass is 297 g/mol. The van der Waals surface area contributed by atoms with Crippen LogP contribution in [0.4, 0.5) is 0 Å². The number of hydrogen-bond donors (Lipinski definition) is 1. The van der Waals surface area contributed by atoms with Crippen LogP contribution < -0.4 is 0 Å². The van der Waals surface area contributed by atoms with Gasteiger partial charge in [-0.2, -0.15) is 0 Å². The summed E-state index contributed by atoms with van der Waals surface area (Å²) in [4.78, 5) is 0. The van der Waals surface area contributed by atoms with Gasteiger partial charge in [-0.25, -0.2) is 4.68 Å². The van der Waals surface area contributed by atoms with E-state index in [2.05, 4.69) is 26.2 Å². The normalized spacial score (nSPS) is 10.8. The summed E-state index contributed by atoms with van der Waals surface area (Å²) in [5.74, 6) is 0. The van der Waals surface area contributed by atoms with Crippen molar-refractivity contribution in [3.8, 4) is 5.69 Å². The molecule has 2 aromatic rings. The van der Waals surface area contributed by atoms with Crippen molar-refractivity contribution < 1.29 is 9.84 Å². The lowest BCUT2D eigenvalue weighted by Gasteiger charge is -2.06. The number of nitrogens with zero attached hydrogens (tertiary/aromatic N) is 3. The number of hydrogen-bond acceptors (Lipinski definition) is 4. The van der Waals surface area contributed by atoms with E-state index in [1.165, 1.54) is 0 Å². The zero-order chi connectivity index (χ0) is 12.3. The smallest absolute Gasteiger partial charge is 0.114 e. The van der Waals surface area contributed by atoms with E-state index in [9.17, 15) is 5.11 Å². The van der Waals surface area contributed by atoms with Gasteiger partial charge in [0.1, 0.15) is 5.69 Å². The summed E-state index contributed by atoms with van der Waals surface area (Å²) >= 11 is 3.38. The molecular weight excluding hydrogens is 286 g/mol. The molecule has 0 aliphatic heterocycles. The zero-order valence-corrected chi connectivity index (χ0v) is 10.9. The van der Waals surface area contributed by atoms with Gasteiger partial charge in [0, 0.05) is 11.6 Å². The second-order valence-electron chi connectivity index (χ2n) is 3.46. The van der Waals surface area contributed by atoms with Gasteiger partial charge in [0.15, 0.2) is 0 Å². The standard InChI is InChI=1S/C11H12BrN3O2/c1-17-7-11-10(6-16)13-14-15(11)9-4-2-8(12)3-5-9/h2-5,16H,6-7H2,1H3. The van der Waals surface area contributed by atoms with Crippen LogP contribution in [-0.2, 0) is 18.0 Å². The van der Waals surface area contributed by atoms with E-state index in [1.807, 2.05) is 24.3 Å². The molecule has 0 radical (unpaired) electrons. The largest absolute Gasteiger partial charge is 0.390 e. The maximum atomic E-state index is 9.17. The minimum Gasteiger partial charge on any atom is -0.390 e. The predicted octanol–water partition coefficient (Wildman–Crippen LogP) is 1.67. The summed E-state index contributed by atoms with van der Waals surface area (Å²) in [5.41, 5.74) is 2.18. The Kier molecular flexibility index (Phi) is 3.88. The van der Waals surface area contributed by atoms with E-state index in [1.54, 1.807) is 11.8 Å². The molecule has 0 bridgehead atoms. The molecule has 90 valence electrons. The van der Waals surface area contributed by atoms with E-state index in [0.29, 0.717) is 12.3 Å². The highest BCUT2D eigenvalue weighted by Gasteiger charge is 2.12. The Balaban J connectivity index is 2.43. The van der Waals surface area contributed by atoms with Crippen molar-refractivity contribution in [2.24, 2.45) is 0 Å². The molecule has 0 fully saturated rings. The number of ether oxygens (including phenoxy) is 1. The summed E-state index contributed by atoms with van der Waals surface area (Å²) in [5, 5.41) is 17.1. The van der Waals surface area contributed by atoms with Gasteiger partial charge in [-0.15, -0.1) is 5.10 Å². The molecule has 0 saturated heterocycles. The summed E-state index contributed by atoms with van der Waals surface area (Å²) in [6.07, 6.45) is 0. The van der Waals surface area contributed by atoms with Gasteiger partial charge >= 0.3 is 0 Å². The summed E-state index contributed by atoms with van der Waals surface area (Å²) in [7, 11) is 1.60. The number of benzene rings is 1. The second kappa shape index (κ2) is 5.39. The van der Waals surface area contributed by atoms with Crippen molar-refractivity contribution in [1.82, 2.24) is 15.0 Å². The van der Waals surface area contributed by atoms with E-state index in [4.69, 9.17) is 4.74 Å². The molecule has 1 heterocycles. The van der Waals surface area contributed by atoms with Crippen LogP contribution in [0.5, 0.6) is 0 Å². The Morgan fingerprint density at radius 3 is 2.65 bits per heavy atom. The zero-order valence-electron chi connectivity index (χ0n) is 9.30. The molecule has 5 nitrogen and oxygen atoms in total. The number of aliphatic hydroxyl groups excluding tert-OH is 1. The third-order valence-electron chi connectivity index (χ3n) is 2.35. The third kappa shape index (κ3) is 2.54. The molecule has 0 spiro atoms. The van der Waals surface area contributed by atoms with E-state index in [-0.39, 0.29) is 6.61 Å². The molecule has 0 amide bonds. The van der Waals surface area contributed by atoms with Gasteiger partial charge in [-0.1, -0.05) is 21.1 Å².